The number of nitrogens with zero attached hydrogens (tertiary/aromatic N) is 7. The van der Waals surface area contributed by atoms with Gasteiger partial charge in [-0.05, 0) is 0 Å². The van der Waals surface area contributed by atoms with E-state index in [-0.39, 0.29) is 21.8 Å². The van der Waals surface area contributed by atoms with Crippen LogP contribution in [0.4, 0.5) is 19.0 Å². The molecule has 10 nitrogen and oxygen atoms in total. The number of hydrogen-bond acceptors (Lipinski definition) is 7. The molecule has 0 fully saturated rings. The van der Waals surface area contributed by atoms with Gasteiger partial charge in [0.15, 0.2) is 11.6 Å². The predicted octanol–water partition coefficient (Wildman–Crippen LogP) is 4.03. The van der Waals surface area contributed by atoms with E-state index < -0.39 is 12.2 Å². The first-order chi connectivity index (χ1) is 17.2. The number of pyridine rings is 1. The molecule has 1 aromatic carbocycles. The van der Waals surface area contributed by atoms with Gasteiger partial charge in [-0.2, -0.15) is 14.9 Å². The molecule has 0 aliphatic carbocycles. The molecule has 0 bridgehead atoms. The summed E-state index contributed by atoms with van der Waals surface area (Å²) in [5.41, 5.74) is 3.13. The maximum atomic E-state index is 12.9. The summed E-state index contributed by atoms with van der Waals surface area (Å²) in [5, 5.41) is 10.2. The SMILES string of the molecule is COc1cc2ncnc(-c3cn(C)nc3-c3ccccc3)c2nc1NC(=O)c1cnn(C(F)(F)F)c1. The van der Waals surface area contributed by atoms with Crippen LogP contribution in [0, 0.1) is 0 Å². The molecule has 0 aliphatic rings. The summed E-state index contributed by atoms with van der Waals surface area (Å²) in [4.78, 5) is 25.9. The number of carbonyl (C=O) groups excluding carboxylic acids is 1. The van der Waals surface area contributed by atoms with Gasteiger partial charge in [0.1, 0.15) is 23.2 Å². The van der Waals surface area contributed by atoms with Crippen molar-refractivity contribution in [3.05, 3.63) is 66.9 Å². The Balaban J connectivity index is 1.59. The molecule has 0 radical (unpaired) electrons. The number of ether oxygens (including phenoxy) is 1. The summed E-state index contributed by atoms with van der Waals surface area (Å²) in [6.45, 7) is 0. The molecule has 0 atom stereocenters. The number of anilines is 1. The summed E-state index contributed by atoms with van der Waals surface area (Å²) in [6.07, 6.45) is -0.181. The fourth-order valence-electron chi connectivity index (χ4n) is 3.64. The Labute approximate surface area is 201 Å². The van der Waals surface area contributed by atoms with Crippen LogP contribution >= 0.6 is 0 Å². The minimum absolute atomic E-state index is 0.0176. The third kappa shape index (κ3) is 4.21. The fraction of sp³-hybridized carbons (Fsp3) is 0.130. The zero-order valence-corrected chi connectivity index (χ0v) is 18.9. The molecule has 1 amide bonds. The van der Waals surface area contributed by atoms with Crippen molar-refractivity contribution in [1.82, 2.24) is 34.5 Å². The van der Waals surface area contributed by atoms with E-state index in [4.69, 9.17) is 4.74 Å². The van der Waals surface area contributed by atoms with Crippen LogP contribution < -0.4 is 10.1 Å². The van der Waals surface area contributed by atoms with E-state index >= 15 is 0 Å². The lowest BCUT2D eigenvalue weighted by molar-refractivity contribution is -0.212. The van der Waals surface area contributed by atoms with Crippen molar-refractivity contribution < 1.29 is 22.7 Å². The molecule has 0 aliphatic heterocycles. The third-order valence-electron chi connectivity index (χ3n) is 5.26. The van der Waals surface area contributed by atoms with Crippen LogP contribution in [0.2, 0.25) is 0 Å². The summed E-state index contributed by atoms with van der Waals surface area (Å²) in [7, 11) is 3.15. The highest BCUT2D eigenvalue weighted by atomic mass is 19.4. The number of methoxy groups -OCH3 is 1. The van der Waals surface area contributed by atoms with Crippen LogP contribution in [0.3, 0.4) is 0 Å². The number of hydrogen-bond donors (Lipinski definition) is 1. The summed E-state index contributed by atoms with van der Waals surface area (Å²) in [6, 6.07) is 11.1. The number of nitrogens with one attached hydrogen (secondary N) is 1. The van der Waals surface area contributed by atoms with Crippen molar-refractivity contribution in [3.63, 3.8) is 0 Å². The molecule has 13 heteroatoms. The van der Waals surface area contributed by atoms with Gasteiger partial charge in [0.2, 0.25) is 0 Å². The second kappa shape index (κ2) is 8.76. The van der Waals surface area contributed by atoms with Crippen molar-refractivity contribution in [2.24, 2.45) is 7.05 Å². The predicted molar refractivity (Wildman–Crippen MR) is 123 cm³/mol. The highest BCUT2D eigenvalue weighted by molar-refractivity contribution is 6.05. The molecular weight excluding hydrogens is 477 g/mol. The Bertz CT molecular complexity index is 1580. The lowest BCUT2D eigenvalue weighted by Crippen LogP contribution is -2.17. The molecule has 182 valence electrons. The molecule has 0 spiro atoms. The van der Waals surface area contributed by atoms with Crippen molar-refractivity contribution >= 4 is 22.8 Å². The number of amides is 1. The number of aryl methyl sites for hydroxylation is 1. The topological polar surface area (TPSA) is 113 Å². The van der Waals surface area contributed by atoms with E-state index in [0.29, 0.717) is 34.2 Å². The number of benzene rings is 1. The Morgan fingerprint density at radius 2 is 1.86 bits per heavy atom. The van der Waals surface area contributed by atoms with Gasteiger partial charge in [-0.1, -0.05) is 30.3 Å². The van der Waals surface area contributed by atoms with Gasteiger partial charge >= 0.3 is 6.30 Å². The average Bonchev–Trinajstić information content (AvgIpc) is 3.51. The molecular formula is C23H17F3N8O2. The number of carbonyl (C=O) groups is 1. The number of fused-ring (bicyclic) bond motifs is 1. The lowest BCUT2D eigenvalue weighted by Gasteiger charge is -2.12. The van der Waals surface area contributed by atoms with Crippen molar-refractivity contribution in [2.75, 3.05) is 12.4 Å². The van der Waals surface area contributed by atoms with E-state index in [1.807, 2.05) is 30.3 Å². The zero-order chi connectivity index (χ0) is 25.4. The van der Waals surface area contributed by atoms with Crippen molar-refractivity contribution in [3.8, 4) is 28.3 Å². The van der Waals surface area contributed by atoms with Crippen LogP contribution in [-0.2, 0) is 13.3 Å². The maximum Gasteiger partial charge on any atom is 0.504 e. The Morgan fingerprint density at radius 1 is 1.08 bits per heavy atom. The van der Waals surface area contributed by atoms with Crippen molar-refractivity contribution in [2.45, 2.75) is 6.30 Å². The normalized spacial score (nSPS) is 11.6. The average molecular weight is 494 g/mol. The van der Waals surface area contributed by atoms with Crippen molar-refractivity contribution in [1.29, 1.82) is 0 Å². The fourth-order valence-corrected chi connectivity index (χ4v) is 3.64. The minimum Gasteiger partial charge on any atom is -0.493 e. The molecule has 36 heavy (non-hydrogen) atoms. The quantitative estimate of drug-likeness (QED) is 0.393. The molecule has 0 saturated heterocycles. The van der Waals surface area contributed by atoms with E-state index in [1.165, 1.54) is 13.4 Å². The minimum atomic E-state index is -4.75. The first kappa shape index (κ1) is 23.0. The Morgan fingerprint density at radius 3 is 2.56 bits per heavy atom. The van der Waals surface area contributed by atoms with Gasteiger partial charge in [-0.3, -0.25) is 9.48 Å². The molecule has 1 N–H and O–H groups in total. The number of halogens is 3. The monoisotopic (exact) mass is 494 g/mol. The van der Waals surface area contributed by atoms with Gasteiger partial charge in [0.05, 0.1) is 24.4 Å². The Kier molecular flexibility index (Phi) is 5.59. The van der Waals surface area contributed by atoms with Crippen LogP contribution in [0.5, 0.6) is 5.75 Å². The van der Waals surface area contributed by atoms with Gasteiger partial charge in [0.25, 0.3) is 5.91 Å². The van der Waals surface area contributed by atoms with Gasteiger partial charge in [-0.15, -0.1) is 13.2 Å². The molecule has 0 saturated carbocycles. The maximum absolute atomic E-state index is 12.9. The van der Waals surface area contributed by atoms with E-state index in [1.54, 1.807) is 24.0 Å². The third-order valence-corrected chi connectivity index (χ3v) is 5.26. The number of rotatable bonds is 5. The molecule has 0 unspecified atom stereocenters. The van der Waals surface area contributed by atoms with Gasteiger partial charge in [-0.25, -0.2) is 15.0 Å². The van der Waals surface area contributed by atoms with Gasteiger partial charge < -0.3 is 10.1 Å². The second-order valence-electron chi connectivity index (χ2n) is 7.66. The molecule has 5 rings (SSSR count). The largest absolute Gasteiger partial charge is 0.504 e. The van der Waals surface area contributed by atoms with E-state index in [0.717, 1.165) is 11.8 Å². The van der Waals surface area contributed by atoms with Gasteiger partial charge in [0, 0.05) is 36.6 Å². The highest BCUT2D eigenvalue weighted by Crippen LogP contribution is 2.35. The van der Waals surface area contributed by atoms with E-state index in [2.05, 4.69) is 30.5 Å². The molecule has 4 heterocycles. The first-order valence-electron chi connectivity index (χ1n) is 10.5. The standard InChI is InChI=1S/C23H17F3N8O2/c1-33-11-15(18(32-33)13-6-4-3-5-7-13)19-20-16(27-12-28-19)8-17(36-2)21(30-20)31-22(35)14-9-29-34(10-14)23(24,25)26/h3-12H,1-2H3,(H,30,31,35). The Hall–Kier alpha value is -4.81. The van der Waals surface area contributed by atoms with Crippen LogP contribution in [0.15, 0.2) is 61.3 Å². The lowest BCUT2D eigenvalue weighted by atomic mass is 10.0. The van der Waals surface area contributed by atoms with E-state index in [9.17, 15) is 18.0 Å². The second-order valence-corrected chi connectivity index (χ2v) is 7.66. The number of aromatic nitrogens is 7. The number of alkyl halides is 3. The van der Waals surface area contributed by atoms with Crippen LogP contribution in [0.25, 0.3) is 33.5 Å². The summed E-state index contributed by atoms with van der Waals surface area (Å²) < 4.78 is 45.3. The summed E-state index contributed by atoms with van der Waals surface area (Å²) >= 11 is 0. The van der Waals surface area contributed by atoms with Crippen LogP contribution in [0.1, 0.15) is 10.4 Å². The van der Waals surface area contributed by atoms with Crippen LogP contribution in [-0.4, -0.2) is 47.5 Å². The molecule has 4 aromatic heterocycles. The molecule has 5 aromatic rings. The zero-order valence-electron chi connectivity index (χ0n) is 18.9. The summed E-state index contributed by atoms with van der Waals surface area (Å²) in [5.74, 6) is -0.699. The first-order valence-corrected chi connectivity index (χ1v) is 10.5. The smallest absolute Gasteiger partial charge is 0.493 e. The highest BCUT2D eigenvalue weighted by Gasteiger charge is 2.32.